The van der Waals surface area contributed by atoms with E-state index >= 15 is 0 Å². The summed E-state index contributed by atoms with van der Waals surface area (Å²) in [7, 11) is 0. The first-order valence-corrected chi connectivity index (χ1v) is 4.38. The number of hydrogen-bond donors (Lipinski definition) is 0. The predicted octanol–water partition coefficient (Wildman–Crippen LogP) is 2.57. The Balaban J connectivity index is 2.53. The van der Waals surface area contributed by atoms with Crippen LogP contribution in [0.3, 0.4) is 0 Å². The summed E-state index contributed by atoms with van der Waals surface area (Å²) in [6.45, 7) is 4.24. The maximum atomic E-state index is 10.4. The lowest BCUT2D eigenvalue weighted by Gasteiger charge is -2.19. The fourth-order valence-electron chi connectivity index (χ4n) is 1.49. The maximum absolute atomic E-state index is 10.4. The molecule has 1 aliphatic rings. The van der Waals surface area contributed by atoms with Gasteiger partial charge in [-0.3, -0.25) is 0 Å². The van der Waals surface area contributed by atoms with Gasteiger partial charge >= 0.3 is 0 Å². The molecule has 1 nitrogen and oxygen atoms in total. The SMILES string of the molecule is CC1CC=C(C(C)C=O)CC1. The number of rotatable bonds is 2. The van der Waals surface area contributed by atoms with E-state index in [2.05, 4.69) is 13.0 Å². The minimum absolute atomic E-state index is 0.155. The van der Waals surface area contributed by atoms with Gasteiger partial charge in [0, 0.05) is 5.92 Å². The number of allylic oxidation sites excluding steroid dienone is 2. The van der Waals surface area contributed by atoms with E-state index < -0.39 is 0 Å². The van der Waals surface area contributed by atoms with Crippen LogP contribution in [0.5, 0.6) is 0 Å². The zero-order valence-corrected chi connectivity index (χ0v) is 7.34. The molecule has 0 aromatic carbocycles. The summed E-state index contributed by atoms with van der Waals surface area (Å²) >= 11 is 0. The normalized spacial score (nSPS) is 27.5. The molecule has 0 radical (unpaired) electrons. The van der Waals surface area contributed by atoms with E-state index in [9.17, 15) is 4.79 Å². The Labute approximate surface area is 68.5 Å². The van der Waals surface area contributed by atoms with Gasteiger partial charge in [-0.2, -0.15) is 0 Å². The number of aldehydes is 1. The second kappa shape index (κ2) is 3.70. The van der Waals surface area contributed by atoms with Crippen LogP contribution in [-0.4, -0.2) is 6.29 Å². The second-order valence-corrected chi connectivity index (χ2v) is 3.58. The summed E-state index contributed by atoms with van der Waals surface area (Å²) in [4.78, 5) is 10.4. The summed E-state index contributed by atoms with van der Waals surface area (Å²) < 4.78 is 0. The number of carbonyl (C=O) groups excluding carboxylic acids is 1. The van der Waals surface area contributed by atoms with E-state index in [0.29, 0.717) is 0 Å². The van der Waals surface area contributed by atoms with Crippen molar-refractivity contribution in [3.8, 4) is 0 Å². The standard InChI is InChI=1S/C10H16O/c1-8-3-5-10(6-4-8)9(2)7-11/h5,7-9H,3-4,6H2,1-2H3. The Hall–Kier alpha value is -0.590. The Morgan fingerprint density at radius 1 is 1.73 bits per heavy atom. The molecule has 2 atom stereocenters. The molecule has 0 fully saturated rings. The number of carbonyl (C=O) groups is 1. The van der Waals surface area contributed by atoms with Crippen molar-refractivity contribution in [1.29, 1.82) is 0 Å². The Bertz CT molecular complexity index is 170. The van der Waals surface area contributed by atoms with Crippen LogP contribution in [0.2, 0.25) is 0 Å². The summed E-state index contributed by atoms with van der Waals surface area (Å²) in [6.07, 6.45) is 6.83. The Morgan fingerprint density at radius 3 is 2.91 bits per heavy atom. The third-order valence-electron chi connectivity index (χ3n) is 2.50. The Kier molecular flexibility index (Phi) is 2.86. The highest BCUT2D eigenvalue weighted by Gasteiger charge is 2.13. The van der Waals surface area contributed by atoms with E-state index in [1.807, 2.05) is 6.92 Å². The molecule has 62 valence electrons. The maximum Gasteiger partial charge on any atom is 0.126 e. The van der Waals surface area contributed by atoms with Crippen LogP contribution in [0.15, 0.2) is 11.6 Å². The molecular weight excluding hydrogens is 136 g/mol. The molecule has 0 amide bonds. The monoisotopic (exact) mass is 152 g/mol. The molecule has 1 heteroatoms. The lowest BCUT2D eigenvalue weighted by atomic mass is 9.86. The van der Waals surface area contributed by atoms with Crippen molar-refractivity contribution in [2.24, 2.45) is 11.8 Å². The summed E-state index contributed by atoms with van der Waals surface area (Å²) in [5.74, 6) is 0.972. The zero-order chi connectivity index (χ0) is 8.27. The molecule has 0 aromatic heterocycles. The lowest BCUT2D eigenvalue weighted by molar-refractivity contribution is -0.109. The molecule has 0 aliphatic heterocycles. The van der Waals surface area contributed by atoms with Gasteiger partial charge in [-0.15, -0.1) is 0 Å². The van der Waals surface area contributed by atoms with Gasteiger partial charge in [0.1, 0.15) is 6.29 Å². The molecule has 0 saturated carbocycles. The first kappa shape index (κ1) is 8.51. The largest absolute Gasteiger partial charge is 0.303 e. The molecule has 0 heterocycles. The van der Waals surface area contributed by atoms with Gasteiger partial charge in [0.25, 0.3) is 0 Å². The predicted molar refractivity (Wildman–Crippen MR) is 46.3 cm³/mol. The van der Waals surface area contributed by atoms with E-state index in [-0.39, 0.29) is 5.92 Å². The topological polar surface area (TPSA) is 17.1 Å². The fourth-order valence-corrected chi connectivity index (χ4v) is 1.49. The molecule has 0 bridgehead atoms. The van der Waals surface area contributed by atoms with E-state index in [4.69, 9.17) is 0 Å². The van der Waals surface area contributed by atoms with Crippen LogP contribution in [0.4, 0.5) is 0 Å². The van der Waals surface area contributed by atoms with Crippen molar-refractivity contribution < 1.29 is 4.79 Å². The lowest BCUT2D eigenvalue weighted by Crippen LogP contribution is -2.08. The van der Waals surface area contributed by atoms with Gasteiger partial charge < -0.3 is 4.79 Å². The molecule has 11 heavy (non-hydrogen) atoms. The van der Waals surface area contributed by atoms with Crippen molar-refractivity contribution in [3.05, 3.63) is 11.6 Å². The van der Waals surface area contributed by atoms with Gasteiger partial charge in [-0.1, -0.05) is 25.5 Å². The molecular formula is C10H16O. The van der Waals surface area contributed by atoms with Crippen LogP contribution in [0.25, 0.3) is 0 Å². The van der Waals surface area contributed by atoms with Crippen LogP contribution in [0, 0.1) is 11.8 Å². The first-order valence-electron chi connectivity index (χ1n) is 4.38. The van der Waals surface area contributed by atoms with Crippen LogP contribution >= 0.6 is 0 Å². The fraction of sp³-hybridized carbons (Fsp3) is 0.700. The smallest absolute Gasteiger partial charge is 0.126 e. The van der Waals surface area contributed by atoms with Crippen molar-refractivity contribution in [1.82, 2.24) is 0 Å². The molecule has 2 unspecified atom stereocenters. The van der Waals surface area contributed by atoms with Crippen LogP contribution in [-0.2, 0) is 4.79 Å². The minimum Gasteiger partial charge on any atom is -0.303 e. The molecule has 1 aliphatic carbocycles. The van der Waals surface area contributed by atoms with E-state index in [1.165, 1.54) is 12.0 Å². The average Bonchev–Trinajstić information content (AvgIpc) is 2.05. The average molecular weight is 152 g/mol. The van der Waals surface area contributed by atoms with Crippen molar-refractivity contribution in [2.75, 3.05) is 0 Å². The van der Waals surface area contributed by atoms with E-state index in [1.54, 1.807) is 0 Å². The highest BCUT2D eigenvalue weighted by molar-refractivity contribution is 5.58. The highest BCUT2D eigenvalue weighted by atomic mass is 16.1. The van der Waals surface area contributed by atoms with Crippen molar-refractivity contribution in [3.63, 3.8) is 0 Å². The van der Waals surface area contributed by atoms with Crippen molar-refractivity contribution >= 4 is 6.29 Å². The van der Waals surface area contributed by atoms with Crippen molar-refractivity contribution in [2.45, 2.75) is 33.1 Å². The molecule has 1 rings (SSSR count). The Morgan fingerprint density at radius 2 is 2.45 bits per heavy atom. The van der Waals surface area contributed by atoms with Gasteiger partial charge in [0.05, 0.1) is 0 Å². The van der Waals surface area contributed by atoms with Gasteiger partial charge in [0.2, 0.25) is 0 Å². The minimum atomic E-state index is 0.155. The van der Waals surface area contributed by atoms with Gasteiger partial charge in [0.15, 0.2) is 0 Å². The molecule has 0 N–H and O–H groups in total. The number of hydrogen-bond acceptors (Lipinski definition) is 1. The zero-order valence-electron chi connectivity index (χ0n) is 7.34. The third kappa shape index (κ3) is 2.18. The van der Waals surface area contributed by atoms with Gasteiger partial charge in [-0.25, -0.2) is 0 Å². The summed E-state index contributed by atoms with van der Waals surface area (Å²) in [5, 5.41) is 0. The van der Waals surface area contributed by atoms with Crippen LogP contribution in [0.1, 0.15) is 33.1 Å². The molecule has 0 aromatic rings. The first-order chi connectivity index (χ1) is 5.24. The highest BCUT2D eigenvalue weighted by Crippen LogP contribution is 2.26. The molecule has 0 saturated heterocycles. The quantitative estimate of drug-likeness (QED) is 0.439. The summed E-state index contributed by atoms with van der Waals surface area (Å²) in [6, 6.07) is 0. The molecule has 0 spiro atoms. The summed E-state index contributed by atoms with van der Waals surface area (Å²) in [5.41, 5.74) is 1.35. The van der Waals surface area contributed by atoms with E-state index in [0.717, 1.165) is 25.0 Å². The van der Waals surface area contributed by atoms with Crippen LogP contribution < -0.4 is 0 Å². The third-order valence-corrected chi connectivity index (χ3v) is 2.50. The second-order valence-electron chi connectivity index (χ2n) is 3.58. The van der Waals surface area contributed by atoms with Gasteiger partial charge in [-0.05, 0) is 25.2 Å².